The normalized spacial score (nSPS) is 9.78. The van der Waals surface area contributed by atoms with Crippen molar-refractivity contribution < 1.29 is 19.1 Å². The molecule has 2 amide bonds. The van der Waals surface area contributed by atoms with Crippen LogP contribution in [0.2, 0.25) is 0 Å². The van der Waals surface area contributed by atoms with Crippen molar-refractivity contribution in [3.63, 3.8) is 0 Å². The maximum Gasteiger partial charge on any atom is 0.220 e. The van der Waals surface area contributed by atoms with E-state index in [2.05, 4.69) is 16.0 Å². The van der Waals surface area contributed by atoms with E-state index in [0.717, 1.165) is 6.29 Å². The molecule has 18 heavy (non-hydrogen) atoms. The first kappa shape index (κ1) is 16.5. The second-order valence-electron chi connectivity index (χ2n) is 3.51. The molecule has 0 aromatic heterocycles. The molecule has 0 heterocycles. The molecule has 7 nitrogen and oxygen atoms in total. The summed E-state index contributed by atoms with van der Waals surface area (Å²) >= 11 is 0. The van der Waals surface area contributed by atoms with Crippen LogP contribution >= 0.6 is 0 Å². The average molecular weight is 259 g/mol. The molecule has 0 radical (unpaired) electrons. The molecule has 0 unspecified atom stereocenters. The van der Waals surface area contributed by atoms with Gasteiger partial charge in [0.15, 0.2) is 0 Å². The highest BCUT2D eigenvalue weighted by molar-refractivity contribution is 5.75. The largest absolute Gasteiger partial charge is 0.378 e. The molecular weight excluding hydrogens is 238 g/mol. The van der Waals surface area contributed by atoms with Crippen LogP contribution in [0.25, 0.3) is 0 Å². The summed E-state index contributed by atoms with van der Waals surface area (Å²) in [4.78, 5) is 31.1. The van der Waals surface area contributed by atoms with Crippen molar-refractivity contribution in [3.05, 3.63) is 0 Å². The zero-order chi connectivity index (χ0) is 13.5. The molecule has 3 N–H and O–H groups in total. The van der Waals surface area contributed by atoms with Gasteiger partial charge >= 0.3 is 0 Å². The number of hydrogen-bond donors (Lipinski definition) is 3. The van der Waals surface area contributed by atoms with Gasteiger partial charge in [-0.25, -0.2) is 0 Å². The van der Waals surface area contributed by atoms with Gasteiger partial charge in [-0.3, -0.25) is 9.59 Å². The quantitative estimate of drug-likeness (QED) is 0.274. The molecule has 0 aromatic rings. The van der Waals surface area contributed by atoms with Crippen LogP contribution in [0.4, 0.5) is 0 Å². The standard InChI is InChI=1S/C11H21N3O4/c15-7-4-12-5-8-18-9-6-14-11(17)2-1-3-13-10-16/h7,10,12H,1-6,8-9H2,(H,13,16)(H,14,17). The Kier molecular flexibility index (Phi) is 12.5. The van der Waals surface area contributed by atoms with Gasteiger partial charge < -0.3 is 25.5 Å². The lowest BCUT2D eigenvalue weighted by molar-refractivity contribution is -0.121. The zero-order valence-electron chi connectivity index (χ0n) is 10.4. The van der Waals surface area contributed by atoms with E-state index in [-0.39, 0.29) is 5.91 Å². The minimum atomic E-state index is -0.0506. The molecule has 0 bridgehead atoms. The fourth-order valence-corrected chi connectivity index (χ4v) is 1.17. The summed E-state index contributed by atoms with van der Waals surface area (Å²) in [5.41, 5.74) is 0. The van der Waals surface area contributed by atoms with E-state index < -0.39 is 0 Å². The van der Waals surface area contributed by atoms with E-state index in [1.54, 1.807) is 0 Å². The summed E-state index contributed by atoms with van der Waals surface area (Å²) in [7, 11) is 0. The van der Waals surface area contributed by atoms with E-state index in [9.17, 15) is 14.4 Å². The van der Waals surface area contributed by atoms with Gasteiger partial charge in [-0.1, -0.05) is 0 Å². The van der Waals surface area contributed by atoms with E-state index >= 15 is 0 Å². The van der Waals surface area contributed by atoms with Crippen molar-refractivity contribution in [2.24, 2.45) is 0 Å². The molecule has 0 aliphatic carbocycles. The molecule has 0 saturated heterocycles. The Morgan fingerprint density at radius 2 is 1.89 bits per heavy atom. The lowest BCUT2D eigenvalue weighted by Crippen LogP contribution is -2.29. The number of ether oxygens (including phenoxy) is 1. The number of aldehydes is 1. The predicted molar refractivity (Wildman–Crippen MR) is 66.1 cm³/mol. The molecule has 0 saturated carbocycles. The third kappa shape index (κ3) is 12.6. The Morgan fingerprint density at radius 3 is 2.61 bits per heavy atom. The van der Waals surface area contributed by atoms with Gasteiger partial charge in [-0.2, -0.15) is 0 Å². The second kappa shape index (κ2) is 13.6. The van der Waals surface area contributed by atoms with Crippen LogP contribution in [0.3, 0.4) is 0 Å². The Morgan fingerprint density at radius 1 is 1.11 bits per heavy atom. The van der Waals surface area contributed by atoms with Crippen LogP contribution in [0.5, 0.6) is 0 Å². The van der Waals surface area contributed by atoms with Gasteiger partial charge in [-0.15, -0.1) is 0 Å². The van der Waals surface area contributed by atoms with E-state index in [1.165, 1.54) is 0 Å². The van der Waals surface area contributed by atoms with Crippen LogP contribution in [-0.4, -0.2) is 58.0 Å². The second-order valence-corrected chi connectivity index (χ2v) is 3.51. The van der Waals surface area contributed by atoms with Gasteiger partial charge in [-0.05, 0) is 6.42 Å². The third-order valence-corrected chi connectivity index (χ3v) is 2.03. The van der Waals surface area contributed by atoms with Crippen molar-refractivity contribution in [3.8, 4) is 0 Å². The summed E-state index contributed by atoms with van der Waals surface area (Å²) in [5.74, 6) is -0.0506. The summed E-state index contributed by atoms with van der Waals surface area (Å²) in [6.07, 6.45) is 2.42. The molecule has 0 atom stereocenters. The van der Waals surface area contributed by atoms with Crippen molar-refractivity contribution in [2.45, 2.75) is 12.8 Å². The van der Waals surface area contributed by atoms with Crippen LogP contribution in [0.15, 0.2) is 0 Å². The van der Waals surface area contributed by atoms with Gasteiger partial charge in [0.2, 0.25) is 12.3 Å². The summed E-state index contributed by atoms with van der Waals surface area (Å²) < 4.78 is 5.22. The highest BCUT2D eigenvalue weighted by Gasteiger charge is 1.99. The molecule has 104 valence electrons. The minimum absolute atomic E-state index is 0.0506. The summed E-state index contributed by atoms with van der Waals surface area (Å²) in [6, 6.07) is 0. The molecule has 7 heteroatoms. The molecule has 0 fully saturated rings. The van der Waals surface area contributed by atoms with Crippen LogP contribution < -0.4 is 16.0 Å². The SMILES string of the molecule is O=CCNCCOCCNC(=O)CCCNC=O. The Bertz CT molecular complexity index is 236. The number of carbonyl (C=O) groups excluding carboxylic acids is 3. The van der Waals surface area contributed by atoms with Crippen molar-refractivity contribution in [1.82, 2.24) is 16.0 Å². The highest BCUT2D eigenvalue weighted by atomic mass is 16.5. The first-order valence-electron chi connectivity index (χ1n) is 5.97. The number of rotatable bonds is 13. The monoisotopic (exact) mass is 259 g/mol. The molecule has 0 aliphatic heterocycles. The minimum Gasteiger partial charge on any atom is -0.378 e. The number of amides is 2. The van der Waals surface area contributed by atoms with Crippen LogP contribution in [0.1, 0.15) is 12.8 Å². The Balaban J connectivity index is 3.14. The maximum atomic E-state index is 11.2. The van der Waals surface area contributed by atoms with Crippen molar-refractivity contribution >= 4 is 18.6 Å². The van der Waals surface area contributed by atoms with E-state index in [4.69, 9.17) is 4.74 Å². The third-order valence-electron chi connectivity index (χ3n) is 2.03. The molecule has 0 spiro atoms. The maximum absolute atomic E-state index is 11.2. The zero-order valence-corrected chi connectivity index (χ0v) is 10.4. The van der Waals surface area contributed by atoms with Crippen LogP contribution in [0, 0.1) is 0 Å². The number of hydrogen-bond acceptors (Lipinski definition) is 5. The molecule has 0 aliphatic rings. The molecular formula is C11H21N3O4. The number of nitrogens with one attached hydrogen (secondary N) is 3. The summed E-state index contributed by atoms with van der Waals surface area (Å²) in [6.45, 7) is 2.87. The van der Waals surface area contributed by atoms with Gasteiger partial charge in [0, 0.05) is 26.1 Å². The first-order valence-corrected chi connectivity index (χ1v) is 5.97. The molecule has 0 aromatic carbocycles. The Labute approximate surface area is 107 Å². The van der Waals surface area contributed by atoms with Gasteiger partial charge in [0.1, 0.15) is 6.29 Å². The van der Waals surface area contributed by atoms with E-state index in [0.29, 0.717) is 58.6 Å². The lowest BCUT2D eigenvalue weighted by Gasteiger charge is -2.06. The fourth-order valence-electron chi connectivity index (χ4n) is 1.17. The predicted octanol–water partition coefficient (Wildman–Crippen LogP) is -1.57. The van der Waals surface area contributed by atoms with Crippen LogP contribution in [-0.2, 0) is 19.1 Å². The average Bonchev–Trinajstić information content (AvgIpc) is 2.38. The smallest absolute Gasteiger partial charge is 0.220 e. The topological polar surface area (TPSA) is 96.5 Å². The number of carbonyl (C=O) groups is 3. The van der Waals surface area contributed by atoms with Gasteiger partial charge in [0.05, 0.1) is 19.8 Å². The Hall–Kier alpha value is -1.47. The summed E-state index contributed by atoms with van der Waals surface area (Å²) in [5, 5.41) is 8.05. The van der Waals surface area contributed by atoms with Crippen molar-refractivity contribution in [1.29, 1.82) is 0 Å². The first-order chi connectivity index (χ1) is 8.81. The van der Waals surface area contributed by atoms with E-state index in [1.807, 2.05) is 0 Å². The van der Waals surface area contributed by atoms with Gasteiger partial charge in [0.25, 0.3) is 0 Å². The lowest BCUT2D eigenvalue weighted by atomic mass is 10.3. The van der Waals surface area contributed by atoms with Crippen molar-refractivity contribution in [2.75, 3.05) is 39.4 Å². The highest BCUT2D eigenvalue weighted by Crippen LogP contribution is 1.86. The molecule has 0 rings (SSSR count). The fraction of sp³-hybridized carbons (Fsp3) is 0.727.